The van der Waals surface area contributed by atoms with Crippen molar-refractivity contribution in [1.29, 1.82) is 0 Å². The van der Waals surface area contributed by atoms with Crippen molar-refractivity contribution in [3.63, 3.8) is 0 Å². The molecule has 0 unspecified atom stereocenters. The van der Waals surface area contributed by atoms with E-state index in [1.54, 1.807) is 0 Å². The van der Waals surface area contributed by atoms with E-state index in [2.05, 4.69) is 5.32 Å². The van der Waals surface area contributed by atoms with Crippen LogP contribution in [0.3, 0.4) is 0 Å². The zero-order valence-electron chi connectivity index (χ0n) is 9.41. The van der Waals surface area contributed by atoms with Gasteiger partial charge >= 0.3 is 0 Å². The van der Waals surface area contributed by atoms with E-state index in [-0.39, 0.29) is 52.7 Å². The minimum atomic E-state index is -0.313. The van der Waals surface area contributed by atoms with E-state index in [9.17, 15) is 19.8 Å². The van der Waals surface area contributed by atoms with Gasteiger partial charge in [-0.2, -0.15) is 0 Å². The molecule has 0 aromatic heterocycles. The van der Waals surface area contributed by atoms with Gasteiger partial charge in [0, 0.05) is 25.5 Å². The Kier molecular flexibility index (Phi) is 2.75. The largest absolute Gasteiger partial charge is 0.507 e. The number of carbonyl (C=O) groups is 2. The molecule has 0 spiro atoms. The van der Waals surface area contributed by atoms with Crippen LogP contribution in [0.4, 0.5) is 5.69 Å². The number of carbonyl (C=O) groups excluding carboxylic acids is 2. The van der Waals surface area contributed by atoms with Crippen LogP contribution in [0.1, 0.15) is 40.5 Å². The lowest BCUT2D eigenvalue weighted by molar-refractivity contribution is 0.0885. The molecule has 0 fully saturated rings. The highest BCUT2D eigenvalue weighted by atomic mass is 16.3. The third kappa shape index (κ3) is 1.73. The van der Waals surface area contributed by atoms with Gasteiger partial charge in [0.25, 0.3) is 0 Å². The molecule has 5 nitrogen and oxygen atoms in total. The molecule has 1 aromatic rings. The fraction of sp³-hybridized carbons (Fsp3) is 0.333. The zero-order valence-corrected chi connectivity index (χ0v) is 9.41. The van der Waals surface area contributed by atoms with Crippen LogP contribution in [0.2, 0.25) is 0 Å². The van der Waals surface area contributed by atoms with Crippen LogP contribution in [0.5, 0.6) is 11.5 Å². The maximum atomic E-state index is 11.7. The van der Waals surface area contributed by atoms with Crippen molar-refractivity contribution in [3.05, 3.63) is 17.2 Å². The van der Waals surface area contributed by atoms with Crippen molar-refractivity contribution in [1.82, 2.24) is 0 Å². The number of nitrogens with one attached hydrogen (secondary N) is 1. The second kappa shape index (κ2) is 4.08. The SMILES string of the molecule is CCNc1cc(O)c2c(c1O)C(=O)CCC2=O. The molecule has 1 aliphatic carbocycles. The van der Waals surface area contributed by atoms with Crippen molar-refractivity contribution in [2.45, 2.75) is 19.8 Å². The number of benzene rings is 1. The number of aromatic hydroxyl groups is 2. The molecule has 1 aromatic carbocycles. The first kappa shape index (κ1) is 11.4. The van der Waals surface area contributed by atoms with Gasteiger partial charge in [-0.25, -0.2) is 0 Å². The first-order chi connectivity index (χ1) is 8.06. The molecule has 3 N–H and O–H groups in total. The smallest absolute Gasteiger partial charge is 0.168 e. The van der Waals surface area contributed by atoms with Gasteiger partial charge in [0.15, 0.2) is 11.6 Å². The minimum absolute atomic E-state index is 0.0552. The summed E-state index contributed by atoms with van der Waals surface area (Å²) in [6, 6.07) is 1.27. The number of hydrogen-bond acceptors (Lipinski definition) is 5. The normalized spacial score (nSPS) is 14.6. The molecular formula is C12H13NO4. The average molecular weight is 235 g/mol. The molecule has 5 heteroatoms. The van der Waals surface area contributed by atoms with Gasteiger partial charge in [-0.05, 0) is 6.92 Å². The quantitative estimate of drug-likeness (QED) is 0.536. The Morgan fingerprint density at radius 3 is 2.35 bits per heavy atom. The fourth-order valence-electron chi connectivity index (χ4n) is 2.01. The Balaban J connectivity index is 2.69. The predicted molar refractivity (Wildman–Crippen MR) is 61.8 cm³/mol. The molecule has 90 valence electrons. The molecule has 0 saturated carbocycles. The average Bonchev–Trinajstić information content (AvgIpc) is 2.29. The monoisotopic (exact) mass is 235 g/mol. The summed E-state index contributed by atoms with van der Waals surface area (Å²) in [5.41, 5.74) is 0.157. The summed E-state index contributed by atoms with van der Waals surface area (Å²) in [6.45, 7) is 2.36. The first-order valence-electron chi connectivity index (χ1n) is 5.45. The van der Waals surface area contributed by atoms with Gasteiger partial charge in [-0.1, -0.05) is 0 Å². The number of ketones is 2. The summed E-state index contributed by atoms with van der Waals surface area (Å²) in [7, 11) is 0. The highest BCUT2D eigenvalue weighted by molar-refractivity contribution is 6.17. The Bertz CT molecular complexity index is 508. The highest BCUT2D eigenvalue weighted by Gasteiger charge is 2.31. The molecule has 0 radical (unpaired) electrons. The topological polar surface area (TPSA) is 86.6 Å². The van der Waals surface area contributed by atoms with Crippen LogP contribution in [0, 0.1) is 0 Å². The lowest BCUT2D eigenvalue weighted by atomic mass is 9.87. The van der Waals surface area contributed by atoms with Crippen molar-refractivity contribution in [2.75, 3.05) is 11.9 Å². The summed E-state index contributed by atoms with van der Waals surface area (Å²) < 4.78 is 0. The minimum Gasteiger partial charge on any atom is -0.507 e. The van der Waals surface area contributed by atoms with Crippen molar-refractivity contribution in [3.8, 4) is 11.5 Å². The van der Waals surface area contributed by atoms with Gasteiger partial charge in [-0.3, -0.25) is 9.59 Å². The second-order valence-corrected chi connectivity index (χ2v) is 3.92. The molecule has 1 aliphatic rings. The molecule has 0 aliphatic heterocycles. The Hall–Kier alpha value is -2.04. The van der Waals surface area contributed by atoms with E-state index in [4.69, 9.17) is 0 Å². The van der Waals surface area contributed by atoms with E-state index in [1.807, 2.05) is 6.92 Å². The molecule has 17 heavy (non-hydrogen) atoms. The number of hydrogen-bond donors (Lipinski definition) is 3. The lowest BCUT2D eigenvalue weighted by Gasteiger charge is -2.18. The highest BCUT2D eigenvalue weighted by Crippen LogP contribution is 2.40. The summed E-state index contributed by atoms with van der Waals surface area (Å²) in [5.74, 6) is -1.13. The van der Waals surface area contributed by atoms with E-state index >= 15 is 0 Å². The van der Waals surface area contributed by atoms with Gasteiger partial charge < -0.3 is 15.5 Å². The Morgan fingerprint density at radius 1 is 1.18 bits per heavy atom. The number of rotatable bonds is 2. The third-order valence-corrected chi connectivity index (χ3v) is 2.78. The zero-order chi connectivity index (χ0) is 12.6. The number of fused-ring (bicyclic) bond motifs is 1. The molecule has 0 heterocycles. The number of phenols is 2. The van der Waals surface area contributed by atoms with Gasteiger partial charge in [0.1, 0.15) is 11.5 Å². The lowest BCUT2D eigenvalue weighted by Crippen LogP contribution is -2.18. The summed E-state index contributed by atoms with van der Waals surface area (Å²) >= 11 is 0. The van der Waals surface area contributed by atoms with Crippen LogP contribution >= 0.6 is 0 Å². The van der Waals surface area contributed by atoms with Crippen LogP contribution < -0.4 is 5.32 Å². The van der Waals surface area contributed by atoms with Crippen molar-refractivity contribution < 1.29 is 19.8 Å². The van der Waals surface area contributed by atoms with Crippen LogP contribution in [0.25, 0.3) is 0 Å². The fourth-order valence-corrected chi connectivity index (χ4v) is 2.01. The van der Waals surface area contributed by atoms with Crippen LogP contribution in [-0.4, -0.2) is 28.3 Å². The van der Waals surface area contributed by atoms with Crippen LogP contribution in [-0.2, 0) is 0 Å². The van der Waals surface area contributed by atoms with Gasteiger partial charge in [0.05, 0.1) is 16.8 Å². The first-order valence-corrected chi connectivity index (χ1v) is 5.45. The molecule has 0 bridgehead atoms. The third-order valence-electron chi connectivity index (χ3n) is 2.78. The Morgan fingerprint density at radius 2 is 1.76 bits per heavy atom. The predicted octanol–water partition coefficient (Wildman–Crippen LogP) is 1.69. The van der Waals surface area contributed by atoms with Gasteiger partial charge in [-0.15, -0.1) is 0 Å². The summed E-state index contributed by atoms with van der Waals surface area (Å²) in [4.78, 5) is 23.3. The summed E-state index contributed by atoms with van der Waals surface area (Å²) in [6.07, 6.45) is 0.161. The molecule has 0 amide bonds. The van der Waals surface area contributed by atoms with Crippen molar-refractivity contribution >= 4 is 17.3 Å². The standard InChI is InChI=1S/C12H13NO4/c1-2-13-6-5-9(16)10-7(14)3-4-8(15)11(10)12(6)17/h5,13,16-17H,2-4H2,1H3. The maximum Gasteiger partial charge on any atom is 0.168 e. The van der Waals surface area contributed by atoms with Gasteiger partial charge in [0.2, 0.25) is 0 Å². The van der Waals surface area contributed by atoms with Crippen molar-refractivity contribution in [2.24, 2.45) is 0 Å². The molecule has 0 atom stereocenters. The molecule has 2 rings (SSSR count). The molecule has 0 saturated heterocycles. The van der Waals surface area contributed by atoms with Crippen LogP contribution in [0.15, 0.2) is 6.07 Å². The number of phenolic OH excluding ortho intramolecular Hbond substituents is 2. The van der Waals surface area contributed by atoms with E-state index in [1.165, 1.54) is 6.07 Å². The second-order valence-electron chi connectivity index (χ2n) is 3.92. The molecular weight excluding hydrogens is 222 g/mol. The Labute approximate surface area is 98.1 Å². The van der Waals surface area contributed by atoms with E-state index < -0.39 is 0 Å². The van der Waals surface area contributed by atoms with E-state index in [0.717, 1.165) is 0 Å². The number of Topliss-reactive ketones (excluding diaryl/α,β-unsaturated/α-hetero) is 2. The number of anilines is 1. The summed E-state index contributed by atoms with van der Waals surface area (Å²) in [5, 5.41) is 22.5. The maximum absolute atomic E-state index is 11.7. The van der Waals surface area contributed by atoms with E-state index in [0.29, 0.717) is 6.54 Å².